The molecule has 14 heavy (non-hydrogen) atoms. The number of hydrogen-bond acceptors (Lipinski definition) is 1. The van der Waals surface area contributed by atoms with E-state index in [-0.39, 0.29) is 0 Å². The van der Waals surface area contributed by atoms with E-state index in [0.717, 1.165) is 0 Å². The van der Waals surface area contributed by atoms with Crippen LogP contribution in [0.2, 0.25) is 0 Å². The summed E-state index contributed by atoms with van der Waals surface area (Å²) in [5.41, 5.74) is 2.43. The predicted octanol–water partition coefficient (Wildman–Crippen LogP) is 3.90. The molecule has 3 rings (SSSR count). The van der Waals surface area contributed by atoms with E-state index < -0.39 is 0 Å². The van der Waals surface area contributed by atoms with Gasteiger partial charge in [0.2, 0.25) is 0 Å². The van der Waals surface area contributed by atoms with Crippen molar-refractivity contribution >= 4 is 21.4 Å². The first-order valence-electron chi connectivity index (χ1n) is 4.54. The molecule has 0 saturated heterocycles. The standard InChI is InChI=1S/C12H9NS/c1-2-11(13-6-1)9-3-4-12-10(8-9)5-7-14-12/h1-8,13H. The van der Waals surface area contributed by atoms with Crippen molar-refractivity contribution in [2.75, 3.05) is 0 Å². The summed E-state index contributed by atoms with van der Waals surface area (Å²) in [5, 5.41) is 3.45. The molecule has 0 radical (unpaired) electrons. The molecule has 0 spiro atoms. The summed E-state index contributed by atoms with van der Waals surface area (Å²) >= 11 is 1.78. The van der Waals surface area contributed by atoms with Crippen molar-refractivity contribution < 1.29 is 0 Å². The lowest BCUT2D eigenvalue weighted by atomic mass is 10.1. The monoisotopic (exact) mass is 199 g/mol. The number of H-pyrrole nitrogens is 1. The Morgan fingerprint density at radius 3 is 2.93 bits per heavy atom. The molecule has 1 N–H and O–H groups in total. The first-order chi connectivity index (χ1) is 6.93. The van der Waals surface area contributed by atoms with Crippen LogP contribution in [-0.4, -0.2) is 4.98 Å². The number of fused-ring (bicyclic) bond motifs is 1. The summed E-state index contributed by atoms with van der Waals surface area (Å²) in [6, 6.07) is 12.8. The molecule has 0 amide bonds. The third-order valence-electron chi connectivity index (χ3n) is 2.36. The zero-order valence-electron chi connectivity index (χ0n) is 7.53. The molecule has 2 heterocycles. The van der Waals surface area contributed by atoms with Gasteiger partial charge < -0.3 is 4.98 Å². The summed E-state index contributed by atoms with van der Waals surface area (Å²) < 4.78 is 1.35. The van der Waals surface area contributed by atoms with Gasteiger partial charge in [-0.05, 0) is 46.7 Å². The van der Waals surface area contributed by atoms with Crippen LogP contribution >= 0.6 is 11.3 Å². The first-order valence-corrected chi connectivity index (χ1v) is 5.42. The van der Waals surface area contributed by atoms with Crippen molar-refractivity contribution in [3.63, 3.8) is 0 Å². The highest BCUT2D eigenvalue weighted by Crippen LogP contribution is 2.26. The third kappa shape index (κ3) is 1.16. The highest BCUT2D eigenvalue weighted by atomic mass is 32.1. The van der Waals surface area contributed by atoms with Crippen LogP contribution in [0.3, 0.4) is 0 Å². The van der Waals surface area contributed by atoms with Crippen LogP contribution in [0.4, 0.5) is 0 Å². The second-order valence-electron chi connectivity index (χ2n) is 3.26. The Morgan fingerprint density at radius 2 is 2.07 bits per heavy atom. The van der Waals surface area contributed by atoms with E-state index in [4.69, 9.17) is 0 Å². The molecule has 0 aliphatic heterocycles. The summed E-state index contributed by atoms with van der Waals surface area (Å²) in [4.78, 5) is 3.21. The minimum Gasteiger partial charge on any atom is -0.361 e. The fourth-order valence-electron chi connectivity index (χ4n) is 1.64. The van der Waals surface area contributed by atoms with Crippen LogP contribution in [0.5, 0.6) is 0 Å². The highest BCUT2D eigenvalue weighted by Gasteiger charge is 1.99. The van der Waals surface area contributed by atoms with Gasteiger partial charge in [-0.25, -0.2) is 0 Å². The maximum Gasteiger partial charge on any atom is 0.0454 e. The first kappa shape index (κ1) is 7.83. The van der Waals surface area contributed by atoms with Gasteiger partial charge in [0.15, 0.2) is 0 Å². The number of benzene rings is 1. The van der Waals surface area contributed by atoms with Crippen LogP contribution in [0.25, 0.3) is 21.3 Å². The van der Waals surface area contributed by atoms with E-state index in [2.05, 4.69) is 40.7 Å². The molecule has 0 atom stereocenters. The van der Waals surface area contributed by atoms with Crippen LogP contribution in [0, 0.1) is 0 Å². The Balaban J connectivity index is 2.23. The molecule has 0 bridgehead atoms. The van der Waals surface area contributed by atoms with E-state index in [9.17, 15) is 0 Å². The SMILES string of the molecule is c1c[nH]c(-c2ccc3sccc3c2)c1. The van der Waals surface area contributed by atoms with Crippen molar-refractivity contribution in [3.05, 3.63) is 48.0 Å². The summed E-state index contributed by atoms with van der Waals surface area (Å²) in [5.74, 6) is 0. The van der Waals surface area contributed by atoms with Gasteiger partial charge in [0.25, 0.3) is 0 Å². The zero-order valence-corrected chi connectivity index (χ0v) is 8.34. The van der Waals surface area contributed by atoms with Gasteiger partial charge in [0.05, 0.1) is 0 Å². The molecule has 0 unspecified atom stereocenters. The minimum atomic E-state index is 1.18. The van der Waals surface area contributed by atoms with Crippen LogP contribution < -0.4 is 0 Å². The number of hydrogen-bond donors (Lipinski definition) is 1. The predicted molar refractivity (Wildman–Crippen MR) is 61.6 cm³/mol. The summed E-state index contributed by atoms with van der Waals surface area (Å²) in [6.07, 6.45) is 1.95. The largest absolute Gasteiger partial charge is 0.361 e. The van der Waals surface area contributed by atoms with E-state index >= 15 is 0 Å². The Kier molecular flexibility index (Phi) is 1.67. The molecule has 0 aliphatic rings. The molecule has 1 aromatic carbocycles. The maximum atomic E-state index is 3.21. The Bertz CT molecular complexity index is 548. The van der Waals surface area contributed by atoms with Gasteiger partial charge in [-0.3, -0.25) is 0 Å². The van der Waals surface area contributed by atoms with Gasteiger partial charge in [-0.2, -0.15) is 0 Å². The molecular formula is C12H9NS. The molecule has 1 nitrogen and oxygen atoms in total. The van der Waals surface area contributed by atoms with Crippen molar-refractivity contribution in [3.8, 4) is 11.3 Å². The molecule has 2 heteroatoms. The maximum absolute atomic E-state index is 3.21. The van der Waals surface area contributed by atoms with Crippen LogP contribution in [-0.2, 0) is 0 Å². The zero-order chi connectivity index (χ0) is 9.38. The lowest BCUT2D eigenvalue weighted by Gasteiger charge is -1.97. The lowest BCUT2D eigenvalue weighted by Crippen LogP contribution is -1.75. The molecular weight excluding hydrogens is 190 g/mol. The van der Waals surface area contributed by atoms with Crippen LogP contribution in [0.15, 0.2) is 48.0 Å². The second-order valence-corrected chi connectivity index (χ2v) is 4.20. The normalized spacial score (nSPS) is 10.9. The fourth-order valence-corrected chi connectivity index (χ4v) is 2.42. The third-order valence-corrected chi connectivity index (χ3v) is 3.26. The Morgan fingerprint density at radius 1 is 1.07 bits per heavy atom. The fraction of sp³-hybridized carbons (Fsp3) is 0. The highest BCUT2D eigenvalue weighted by molar-refractivity contribution is 7.17. The van der Waals surface area contributed by atoms with Crippen molar-refractivity contribution in [1.82, 2.24) is 4.98 Å². The van der Waals surface area contributed by atoms with E-state index in [1.807, 2.05) is 12.3 Å². The van der Waals surface area contributed by atoms with Gasteiger partial charge in [-0.15, -0.1) is 11.3 Å². The Labute approximate surface area is 86.0 Å². The number of aromatic amines is 1. The quantitative estimate of drug-likeness (QED) is 0.612. The second kappa shape index (κ2) is 3.00. The average molecular weight is 199 g/mol. The molecule has 0 fully saturated rings. The van der Waals surface area contributed by atoms with E-state index in [0.29, 0.717) is 0 Å². The van der Waals surface area contributed by atoms with Gasteiger partial charge in [-0.1, -0.05) is 6.07 Å². The topological polar surface area (TPSA) is 15.8 Å². The number of nitrogens with one attached hydrogen (secondary N) is 1. The van der Waals surface area contributed by atoms with Crippen LogP contribution in [0.1, 0.15) is 0 Å². The average Bonchev–Trinajstić information content (AvgIpc) is 2.88. The molecule has 0 saturated carbocycles. The van der Waals surface area contributed by atoms with Gasteiger partial charge >= 0.3 is 0 Å². The van der Waals surface area contributed by atoms with Crippen molar-refractivity contribution in [1.29, 1.82) is 0 Å². The van der Waals surface area contributed by atoms with Crippen molar-refractivity contribution in [2.24, 2.45) is 0 Å². The minimum absolute atomic E-state index is 1.18. The molecule has 2 aromatic heterocycles. The van der Waals surface area contributed by atoms with Crippen molar-refractivity contribution in [2.45, 2.75) is 0 Å². The lowest BCUT2D eigenvalue weighted by molar-refractivity contribution is 1.41. The number of rotatable bonds is 1. The molecule has 3 aromatic rings. The number of aromatic nitrogens is 1. The van der Waals surface area contributed by atoms with Gasteiger partial charge in [0.1, 0.15) is 0 Å². The van der Waals surface area contributed by atoms with E-state index in [1.165, 1.54) is 21.3 Å². The van der Waals surface area contributed by atoms with E-state index in [1.54, 1.807) is 11.3 Å². The number of thiophene rings is 1. The summed E-state index contributed by atoms with van der Waals surface area (Å²) in [7, 11) is 0. The Hall–Kier alpha value is -1.54. The van der Waals surface area contributed by atoms with Gasteiger partial charge in [0, 0.05) is 16.6 Å². The molecule has 0 aliphatic carbocycles. The summed E-state index contributed by atoms with van der Waals surface area (Å²) in [6.45, 7) is 0. The smallest absolute Gasteiger partial charge is 0.0454 e. The molecule has 68 valence electrons.